The van der Waals surface area contributed by atoms with Crippen molar-refractivity contribution >= 4 is 34.7 Å². The summed E-state index contributed by atoms with van der Waals surface area (Å²) >= 11 is 6.16. The maximum absolute atomic E-state index is 13.3. The molecular weight excluding hydrogens is 540 g/mol. The smallest absolute Gasteiger partial charge is 0.254 e. The van der Waals surface area contributed by atoms with Crippen LogP contribution >= 0.6 is 11.6 Å². The van der Waals surface area contributed by atoms with Crippen LogP contribution in [0.4, 0.5) is 5.69 Å². The van der Waals surface area contributed by atoms with Crippen LogP contribution in [0, 0.1) is 6.92 Å². The number of allylic oxidation sites excluding steroid dienone is 4. The molecule has 0 radical (unpaired) electrons. The Morgan fingerprint density at radius 1 is 1.20 bits per heavy atom. The van der Waals surface area contributed by atoms with Crippen molar-refractivity contribution in [2.24, 2.45) is 4.99 Å². The average molecular weight is 575 g/mol. The molecule has 0 bridgehead atoms. The van der Waals surface area contributed by atoms with E-state index in [1.54, 1.807) is 18.2 Å². The lowest BCUT2D eigenvalue weighted by atomic mass is 9.94. The Bertz CT molecular complexity index is 1490. The number of fused-ring (bicyclic) bond motifs is 2. The van der Waals surface area contributed by atoms with Gasteiger partial charge < -0.3 is 25.0 Å². The lowest BCUT2D eigenvalue weighted by Crippen LogP contribution is -2.43. The molecule has 2 aromatic carbocycles. The van der Waals surface area contributed by atoms with Crippen LogP contribution in [-0.2, 0) is 17.8 Å². The number of carbonyl (C=O) groups is 2. The summed E-state index contributed by atoms with van der Waals surface area (Å²) < 4.78 is 5.76. The van der Waals surface area contributed by atoms with Crippen molar-refractivity contribution < 1.29 is 19.4 Å². The zero-order chi connectivity index (χ0) is 28.7. The lowest BCUT2D eigenvalue weighted by molar-refractivity contribution is -0.114. The topological polar surface area (TPSA) is 94.5 Å². The molecule has 41 heavy (non-hydrogen) atoms. The number of amides is 1. The van der Waals surface area contributed by atoms with Gasteiger partial charge in [-0.3, -0.25) is 14.6 Å². The minimum absolute atomic E-state index is 0.0149. The predicted molar refractivity (Wildman–Crippen MR) is 160 cm³/mol. The molecule has 0 unspecified atom stereocenters. The number of benzene rings is 2. The van der Waals surface area contributed by atoms with Gasteiger partial charge in [-0.2, -0.15) is 0 Å². The van der Waals surface area contributed by atoms with Crippen LogP contribution in [0.3, 0.4) is 0 Å². The molecule has 1 saturated heterocycles. The van der Waals surface area contributed by atoms with Crippen LogP contribution < -0.4 is 10.1 Å². The number of aliphatic hydroxyl groups is 1. The summed E-state index contributed by atoms with van der Waals surface area (Å²) in [6.45, 7) is 4.66. The molecule has 6 rings (SSSR count). The van der Waals surface area contributed by atoms with Gasteiger partial charge >= 0.3 is 0 Å². The Balaban J connectivity index is 1.16. The molecule has 2 aromatic rings. The number of aliphatic imine (C=N–C) groups is 1. The highest BCUT2D eigenvalue weighted by Crippen LogP contribution is 2.38. The van der Waals surface area contributed by atoms with Crippen LogP contribution in [-0.4, -0.2) is 77.7 Å². The van der Waals surface area contributed by atoms with E-state index in [0.29, 0.717) is 41.4 Å². The third kappa shape index (κ3) is 5.56. The molecule has 0 spiro atoms. The Labute approximate surface area is 245 Å². The first kappa shape index (κ1) is 27.7. The molecular formula is C32H35ClN4O4. The molecule has 2 N–H and O–H groups in total. The minimum Gasteiger partial charge on any atom is -0.490 e. The van der Waals surface area contributed by atoms with Crippen molar-refractivity contribution in [1.82, 2.24) is 9.80 Å². The number of aliphatic hydroxyl groups excluding tert-OH is 1. The molecule has 1 fully saturated rings. The molecule has 9 heteroatoms. The highest BCUT2D eigenvalue weighted by molar-refractivity contribution is 6.31. The molecule has 0 aromatic heterocycles. The maximum atomic E-state index is 13.3. The third-order valence-electron chi connectivity index (χ3n) is 8.48. The van der Waals surface area contributed by atoms with Gasteiger partial charge in [0.05, 0.1) is 17.8 Å². The molecule has 1 aliphatic carbocycles. The van der Waals surface area contributed by atoms with Gasteiger partial charge in [0.1, 0.15) is 18.5 Å². The van der Waals surface area contributed by atoms with Crippen molar-refractivity contribution in [3.05, 3.63) is 81.0 Å². The second-order valence-corrected chi connectivity index (χ2v) is 11.8. The van der Waals surface area contributed by atoms with Gasteiger partial charge in [0, 0.05) is 53.0 Å². The number of Topliss-reactive ketones (excluding diaryl/α,β-unsaturated/α-hetero) is 1. The lowest BCUT2D eigenvalue weighted by Gasteiger charge is -2.34. The standard InChI is InChI=1S/C32H35ClN4O4/c1-19-25(33)5-3-8-30(19)41-18-23(38)16-34-26-6-4-7-29(39)31(26)28-14-20-13-24-21(15-27(20)35-28)17-37(32(24)40)22-9-11-36(2)12-10-22/h3-6,8,13,15,22-23,35,38H,7,9-12,14,16-18H2,1-2H3/t23-/m1/s1. The predicted octanol–water partition coefficient (Wildman–Crippen LogP) is 4.33. The summed E-state index contributed by atoms with van der Waals surface area (Å²) in [5.41, 5.74) is 6.46. The Kier molecular flexibility index (Phi) is 7.72. The fraction of sp³-hybridized carbons (Fsp3) is 0.406. The van der Waals surface area contributed by atoms with Gasteiger partial charge in [-0.25, -0.2) is 0 Å². The first-order valence-electron chi connectivity index (χ1n) is 14.2. The summed E-state index contributed by atoms with van der Waals surface area (Å²) in [7, 11) is 2.13. The van der Waals surface area contributed by atoms with Crippen molar-refractivity contribution in [3.63, 3.8) is 0 Å². The summed E-state index contributed by atoms with van der Waals surface area (Å²) in [5, 5.41) is 14.6. The molecule has 3 aliphatic heterocycles. The second-order valence-electron chi connectivity index (χ2n) is 11.4. The summed E-state index contributed by atoms with van der Waals surface area (Å²) in [6, 6.07) is 9.76. The first-order chi connectivity index (χ1) is 19.8. The van der Waals surface area contributed by atoms with Gasteiger partial charge in [0.2, 0.25) is 0 Å². The summed E-state index contributed by atoms with van der Waals surface area (Å²) in [6.07, 6.45) is 5.62. The number of hydrogen-bond acceptors (Lipinski definition) is 7. The summed E-state index contributed by atoms with van der Waals surface area (Å²) in [5.74, 6) is 0.716. The average Bonchev–Trinajstić information content (AvgIpc) is 3.51. The number of piperidine rings is 1. The van der Waals surface area contributed by atoms with Crippen LogP contribution in [0.5, 0.6) is 5.75 Å². The fourth-order valence-corrected chi connectivity index (χ4v) is 6.25. The number of rotatable bonds is 6. The number of likely N-dealkylation sites (tertiary alicyclic amines) is 1. The van der Waals surface area contributed by atoms with Gasteiger partial charge in [-0.1, -0.05) is 23.7 Å². The Hall–Kier alpha value is -3.46. The number of halogens is 1. The van der Waals surface area contributed by atoms with Gasteiger partial charge in [-0.15, -0.1) is 0 Å². The number of anilines is 1. The highest BCUT2D eigenvalue weighted by Gasteiger charge is 2.36. The van der Waals surface area contributed by atoms with E-state index < -0.39 is 6.10 Å². The number of hydrogen-bond donors (Lipinski definition) is 2. The molecule has 1 amide bonds. The quantitative estimate of drug-likeness (QED) is 0.499. The van der Waals surface area contributed by atoms with Crippen molar-refractivity contribution in [2.45, 2.75) is 51.3 Å². The van der Waals surface area contributed by atoms with Gasteiger partial charge in [0.15, 0.2) is 5.78 Å². The van der Waals surface area contributed by atoms with Crippen molar-refractivity contribution in [1.29, 1.82) is 0 Å². The van der Waals surface area contributed by atoms with Crippen molar-refractivity contribution in [2.75, 3.05) is 38.6 Å². The van der Waals surface area contributed by atoms with E-state index in [-0.39, 0.29) is 30.9 Å². The van der Waals surface area contributed by atoms with Gasteiger partial charge in [0.25, 0.3) is 5.91 Å². The zero-order valence-corrected chi connectivity index (χ0v) is 24.2. The number of ketones is 1. The zero-order valence-electron chi connectivity index (χ0n) is 23.5. The van der Waals surface area contributed by atoms with E-state index in [2.05, 4.69) is 28.3 Å². The molecule has 214 valence electrons. The van der Waals surface area contributed by atoms with Crippen LogP contribution in [0.25, 0.3) is 0 Å². The van der Waals surface area contributed by atoms with E-state index in [1.165, 1.54) is 0 Å². The fourth-order valence-electron chi connectivity index (χ4n) is 6.09. The maximum Gasteiger partial charge on any atom is 0.254 e. The van der Waals surface area contributed by atoms with E-state index in [4.69, 9.17) is 16.3 Å². The molecule has 0 saturated carbocycles. The van der Waals surface area contributed by atoms with Crippen LogP contribution in [0.1, 0.15) is 46.3 Å². The van der Waals surface area contributed by atoms with E-state index in [0.717, 1.165) is 59.6 Å². The Morgan fingerprint density at radius 3 is 2.80 bits per heavy atom. The van der Waals surface area contributed by atoms with E-state index in [1.807, 2.05) is 30.0 Å². The second kappa shape index (κ2) is 11.4. The highest BCUT2D eigenvalue weighted by atomic mass is 35.5. The number of ether oxygens (including phenoxy) is 1. The monoisotopic (exact) mass is 574 g/mol. The Morgan fingerprint density at radius 2 is 2.00 bits per heavy atom. The molecule has 1 atom stereocenters. The number of nitrogens with one attached hydrogen (secondary N) is 1. The number of nitrogens with zero attached hydrogens (tertiary/aromatic N) is 3. The largest absolute Gasteiger partial charge is 0.490 e. The summed E-state index contributed by atoms with van der Waals surface area (Å²) in [4.78, 5) is 35.4. The molecule has 8 nitrogen and oxygen atoms in total. The van der Waals surface area contributed by atoms with E-state index >= 15 is 0 Å². The van der Waals surface area contributed by atoms with Crippen LogP contribution in [0.2, 0.25) is 5.02 Å². The van der Waals surface area contributed by atoms with E-state index in [9.17, 15) is 14.7 Å². The van der Waals surface area contributed by atoms with Gasteiger partial charge in [-0.05, 0) is 81.4 Å². The number of carbonyl (C=O) groups excluding carboxylic acids is 2. The first-order valence-corrected chi connectivity index (χ1v) is 14.6. The van der Waals surface area contributed by atoms with Crippen LogP contribution in [0.15, 0.2) is 58.7 Å². The molecule has 4 aliphatic rings. The minimum atomic E-state index is -0.854. The SMILES string of the molecule is Cc1c(Cl)cccc1OC[C@H](O)CN=C1C=CCC(=O)C1=C1Cc2cc3c(cc2N1)CN(C1CCN(C)CC1)C3=O. The van der Waals surface area contributed by atoms with Crippen molar-refractivity contribution in [3.8, 4) is 5.75 Å². The third-order valence-corrected chi connectivity index (χ3v) is 8.89. The molecule has 3 heterocycles. The normalized spacial score (nSPS) is 22.7.